The fourth-order valence-electron chi connectivity index (χ4n) is 2.33. The molecule has 1 amide bonds. The number of aromatic nitrogens is 1. The molecule has 5 heteroatoms. The maximum absolute atomic E-state index is 11.8. The summed E-state index contributed by atoms with van der Waals surface area (Å²) in [4.78, 5) is 15.9. The molecule has 0 fully saturated rings. The summed E-state index contributed by atoms with van der Waals surface area (Å²) in [5.74, 6) is 1.62. The minimum atomic E-state index is 0.0598. The molecule has 0 saturated heterocycles. The number of hydrogen-bond acceptors (Lipinski definition) is 4. The fraction of sp³-hybridized carbons (Fsp3) is 0.294. The first kappa shape index (κ1) is 14.4. The third kappa shape index (κ3) is 3.75. The Kier molecular flexibility index (Phi) is 4.53. The van der Waals surface area contributed by atoms with Crippen LogP contribution in [0.1, 0.15) is 17.5 Å². The summed E-state index contributed by atoms with van der Waals surface area (Å²) in [6, 6.07) is 9.72. The molecule has 1 aromatic carbocycles. The molecule has 1 aliphatic heterocycles. The number of amides is 1. The summed E-state index contributed by atoms with van der Waals surface area (Å²) >= 11 is 0. The molecule has 5 nitrogen and oxygen atoms in total. The Balaban J connectivity index is 1.40. The predicted octanol–water partition coefficient (Wildman–Crippen LogP) is 2.10. The van der Waals surface area contributed by atoms with Crippen LogP contribution in [-0.2, 0) is 17.6 Å². The lowest BCUT2D eigenvalue weighted by Gasteiger charge is -2.06. The summed E-state index contributed by atoms with van der Waals surface area (Å²) < 4.78 is 10.6. The second-order valence-electron chi connectivity index (χ2n) is 5.15. The Morgan fingerprint density at radius 1 is 1.14 bits per heavy atom. The minimum Gasteiger partial charge on any atom is -0.454 e. The number of ether oxygens (including phenoxy) is 2. The van der Waals surface area contributed by atoms with Gasteiger partial charge in [0.15, 0.2) is 11.5 Å². The van der Waals surface area contributed by atoms with Crippen LogP contribution in [0.2, 0.25) is 0 Å². The topological polar surface area (TPSA) is 60.5 Å². The van der Waals surface area contributed by atoms with Crippen molar-refractivity contribution in [1.29, 1.82) is 0 Å². The largest absolute Gasteiger partial charge is 0.454 e. The molecule has 2 heterocycles. The van der Waals surface area contributed by atoms with Crippen LogP contribution in [0.25, 0.3) is 0 Å². The number of nitrogens with zero attached hydrogens (tertiary/aromatic N) is 1. The van der Waals surface area contributed by atoms with Crippen LogP contribution in [0.5, 0.6) is 11.5 Å². The molecule has 0 saturated carbocycles. The zero-order valence-electron chi connectivity index (χ0n) is 12.2. The normalized spacial score (nSPS) is 12.2. The molecule has 1 N–H and O–H groups in total. The molecule has 0 bridgehead atoms. The molecule has 0 spiro atoms. The highest BCUT2D eigenvalue weighted by molar-refractivity contribution is 5.76. The Morgan fingerprint density at radius 3 is 2.91 bits per heavy atom. The van der Waals surface area contributed by atoms with Gasteiger partial charge in [-0.2, -0.15) is 0 Å². The summed E-state index contributed by atoms with van der Waals surface area (Å²) in [5, 5.41) is 2.94. The van der Waals surface area contributed by atoms with Gasteiger partial charge in [-0.25, -0.2) is 0 Å². The lowest BCUT2D eigenvalue weighted by atomic mass is 10.1. The van der Waals surface area contributed by atoms with E-state index in [4.69, 9.17) is 9.47 Å². The summed E-state index contributed by atoms with van der Waals surface area (Å²) in [6.45, 7) is 0.898. The fourth-order valence-corrected chi connectivity index (χ4v) is 2.33. The number of hydrogen-bond donors (Lipinski definition) is 1. The number of fused-ring (bicyclic) bond motifs is 1. The van der Waals surface area contributed by atoms with Crippen molar-refractivity contribution in [2.75, 3.05) is 13.3 Å². The number of rotatable bonds is 6. The van der Waals surface area contributed by atoms with Crippen LogP contribution in [0.15, 0.2) is 42.7 Å². The van der Waals surface area contributed by atoms with Crippen LogP contribution < -0.4 is 14.8 Å². The third-order valence-corrected chi connectivity index (χ3v) is 3.54. The molecular formula is C17H18N2O3. The van der Waals surface area contributed by atoms with E-state index in [2.05, 4.69) is 10.3 Å². The molecule has 0 atom stereocenters. The first-order chi connectivity index (χ1) is 10.8. The van der Waals surface area contributed by atoms with Gasteiger partial charge >= 0.3 is 0 Å². The lowest BCUT2D eigenvalue weighted by molar-refractivity contribution is -0.121. The van der Waals surface area contributed by atoms with E-state index in [0.717, 1.165) is 29.0 Å². The van der Waals surface area contributed by atoms with Crippen molar-refractivity contribution in [3.63, 3.8) is 0 Å². The molecule has 22 heavy (non-hydrogen) atoms. The number of pyridine rings is 1. The van der Waals surface area contributed by atoms with E-state index in [0.29, 0.717) is 19.4 Å². The molecule has 114 valence electrons. The Morgan fingerprint density at radius 2 is 2.05 bits per heavy atom. The highest BCUT2D eigenvalue weighted by Crippen LogP contribution is 2.32. The van der Waals surface area contributed by atoms with E-state index in [-0.39, 0.29) is 12.7 Å². The van der Waals surface area contributed by atoms with E-state index in [1.54, 1.807) is 12.4 Å². The van der Waals surface area contributed by atoms with Crippen molar-refractivity contribution >= 4 is 5.91 Å². The standard InChI is InChI=1S/C17H18N2O3/c20-17(6-4-14-2-1-8-18-11-14)19-9-7-13-3-5-15-16(10-13)22-12-21-15/h1-3,5,8,10-11H,4,6-7,9,12H2,(H,19,20). The van der Waals surface area contributed by atoms with Crippen molar-refractivity contribution in [3.8, 4) is 11.5 Å². The van der Waals surface area contributed by atoms with Crippen LogP contribution in [-0.4, -0.2) is 24.2 Å². The highest BCUT2D eigenvalue weighted by Gasteiger charge is 2.13. The number of carbonyl (C=O) groups is 1. The van der Waals surface area contributed by atoms with Crippen molar-refractivity contribution in [3.05, 3.63) is 53.9 Å². The van der Waals surface area contributed by atoms with Gasteiger partial charge in [-0.15, -0.1) is 0 Å². The van der Waals surface area contributed by atoms with Crippen molar-refractivity contribution in [1.82, 2.24) is 10.3 Å². The maximum atomic E-state index is 11.8. The lowest BCUT2D eigenvalue weighted by Crippen LogP contribution is -2.25. The average Bonchev–Trinajstić information content (AvgIpc) is 3.02. The smallest absolute Gasteiger partial charge is 0.231 e. The van der Waals surface area contributed by atoms with E-state index >= 15 is 0 Å². The molecule has 0 unspecified atom stereocenters. The first-order valence-corrected chi connectivity index (χ1v) is 7.35. The van der Waals surface area contributed by atoms with Crippen LogP contribution in [0, 0.1) is 0 Å². The van der Waals surface area contributed by atoms with Crippen LogP contribution in [0.4, 0.5) is 0 Å². The van der Waals surface area contributed by atoms with E-state index < -0.39 is 0 Å². The quantitative estimate of drug-likeness (QED) is 0.887. The molecule has 0 radical (unpaired) electrons. The van der Waals surface area contributed by atoms with Gasteiger partial charge in [0, 0.05) is 25.4 Å². The average molecular weight is 298 g/mol. The van der Waals surface area contributed by atoms with E-state index in [1.165, 1.54) is 0 Å². The number of benzene rings is 1. The number of carbonyl (C=O) groups excluding carboxylic acids is 1. The second-order valence-corrected chi connectivity index (χ2v) is 5.15. The molecule has 1 aliphatic rings. The summed E-state index contributed by atoms with van der Waals surface area (Å²) in [7, 11) is 0. The maximum Gasteiger partial charge on any atom is 0.231 e. The van der Waals surface area contributed by atoms with Gasteiger partial charge < -0.3 is 14.8 Å². The Labute approximate surface area is 129 Å². The van der Waals surface area contributed by atoms with E-state index in [1.807, 2.05) is 30.3 Å². The second kappa shape index (κ2) is 6.93. The molecule has 0 aliphatic carbocycles. The van der Waals surface area contributed by atoms with E-state index in [9.17, 15) is 4.79 Å². The monoisotopic (exact) mass is 298 g/mol. The molecule has 2 aromatic rings. The van der Waals surface area contributed by atoms with Gasteiger partial charge in [0.05, 0.1) is 0 Å². The SMILES string of the molecule is O=C(CCc1cccnc1)NCCc1ccc2c(c1)OCO2. The Bertz CT molecular complexity index is 644. The zero-order valence-corrected chi connectivity index (χ0v) is 12.2. The number of nitrogens with one attached hydrogen (secondary N) is 1. The van der Waals surface area contributed by atoms with Gasteiger partial charge in [0.1, 0.15) is 0 Å². The third-order valence-electron chi connectivity index (χ3n) is 3.54. The van der Waals surface area contributed by atoms with Crippen molar-refractivity contribution in [2.24, 2.45) is 0 Å². The molecular weight excluding hydrogens is 280 g/mol. The predicted molar refractivity (Wildman–Crippen MR) is 81.8 cm³/mol. The van der Waals surface area contributed by atoms with Crippen LogP contribution >= 0.6 is 0 Å². The highest BCUT2D eigenvalue weighted by atomic mass is 16.7. The van der Waals surface area contributed by atoms with Crippen molar-refractivity contribution in [2.45, 2.75) is 19.3 Å². The Hall–Kier alpha value is -2.56. The van der Waals surface area contributed by atoms with Gasteiger partial charge in [-0.05, 0) is 42.2 Å². The van der Waals surface area contributed by atoms with Gasteiger partial charge in [0.2, 0.25) is 12.7 Å². The van der Waals surface area contributed by atoms with Gasteiger partial charge in [0.25, 0.3) is 0 Å². The number of aryl methyl sites for hydroxylation is 1. The summed E-state index contributed by atoms with van der Waals surface area (Å²) in [5.41, 5.74) is 2.20. The first-order valence-electron chi connectivity index (χ1n) is 7.35. The molecule has 3 rings (SSSR count). The van der Waals surface area contributed by atoms with Crippen molar-refractivity contribution < 1.29 is 14.3 Å². The zero-order chi connectivity index (χ0) is 15.2. The van der Waals surface area contributed by atoms with Gasteiger partial charge in [-0.3, -0.25) is 9.78 Å². The van der Waals surface area contributed by atoms with Crippen LogP contribution in [0.3, 0.4) is 0 Å². The van der Waals surface area contributed by atoms with Gasteiger partial charge in [-0.1, -0.05) is 12.1 Å². The molecule has 1 aromatic heterocycles. The summed E-state index contributed by atoms with van der Waals surface area (Å²) in [6.07, 6.45) is 5.49. The minimum absolute atomic E-state index is 0.0598.